The van der Waals surface area contributed by atoms with Crippen molar-refractivity contribution in [2.75, 3.05) is 4.90 Å². The van der Waals surface area contributed by atoms with Crippen LogP contribution in [0, 0.1) is 0 Å². The Morgan fingerprint density at radius 2 is 0.934 bits per heavy atom. The molecule has 0 unspecified atom stereocenters. The SMILES string of the molecule is c1ccc(-c2cccc3cccc(-c4ccccc4N(c4cccc(-c5cccc6c5c5ccccc5n6-c5ccccc5)c4)c4cccc5c4oc4ccccc45)c23)cc1. The van der Waals surface area contributed by atoms with Crippen LogP contribution in [-0.2, 0) is 0 Å². The number of anilines is 3. The van der Waals surface area contributed by atoms with E-state index in [2.05, 4.69) is 234 Å². The molecule has 0 fully saturated rings. The van der Waals surface area contributed by atoms with Gasteiger partial charge in [-0.2, -0.15) is 0 Å². The summed E-state index contributed by atoms with van der Waals surface area (Å²) in [5.74, 6) is 0. The zero-order valence-electron chi connectivity index (χ0n) is 33.2. The normalized spacial score (nSPS) is 11.6. The van der Waals surface area contributed by atoms with Gasteiger partial charge in [0, 0.05) is 38.5 Å². The average molecular weight is 779 g/mol. The Morgan fingerprint density at radius 3 is 1.79 bits per heavy atom. The fourth-order valence-corrected chi connectivity index (χ4v) is 9.56. The third-order valence-electron chi connectivity index (χ3n) is 12.2. The molecule has 2 heterocycles. The standard InChI is InChI=1S/C58H38N2O/c1-3-18-39(19-4-1)44-29-14-20-40-21-15-31-48(56(40)44)46-26-7-10-33-51(46)60(54-36-17-32-49-47-27-9-12-37-55(47)61-58(49)54)43-25-13-22-41(38-43)45-30-16-35-53-57(45)50-28-8-11-34-52(50)59(53)42-23-5-2-6-24-42/h1-38H. The van der Waals surface area contributed by atoms with E-state index >= 15 is 0 Å². The number of para-hydroxylation sites is 5. The summed E-state index contributed by atoms with van der Waals surface area (Å²) < 4.78 is 9.21. The third kappa shape index (κ3) is 5.66. The second-order valence-corrected chi connectivity index (χ2v) is 15.6. The molecular weight excluding hydrogens is 741 g/mol. The van der Waals surface area contributed by atoms with Crippen molar-refractivity contribution in [2.45, 2.75) is 0 Å². The summed E-state index contributed by atoms with van der Waals surface area (Å²) in [6.07, 6.45) is 0. The predicted molar refractivity (Wildman–Crippen MR) is 257 cm³/mol. The number of aromatic nitrogens is 1. The van der Waals surface area contributed by atoms with Crippen LogP contribution in [0.5, 0.6) is 0 Å². The molecule has 3 nitrogen and oxygen atoms in total. The molecule has 0 spiro atoms. The second-order valence-electron chi connectivity index (χ2n) is 15.6. The molecule has 0 aliphatic rings. The zero-order valence-corrected chi connectivity index (χ0v) is 33.2. The Morgan fingerprint density at radius 1 is 0.361 bits per heavy atom. The van der Waals surface area contributed by atoms with Crippen molar-refractivity contribution in [1.29, 1.82) is 0 Å². The van der Waals surface area contributed by atoms with E-state index in [1.165, 1.54) is 54.8 Å². The first kappa shape index (κ1) is 34.9. The lowest BCUT2D eigenvalue weighted by atomic mass is 9.90. The first-order chi connectivity index (χ1) is 30.3. The predicted octanol–water partition coefficient (Wildman–Crippen LogP) is 16.3. The molecule has 12 rings (SSSR count). The summed E-state index contributed by atoms with van der Waals surface area (Å²) in [6.45, 7) is 0. The quantitative estimate of drug-likeness (QED) is 0.161. The number of rotatable bonds is 7. The van der Waals surface area contributed by atoms with Crippen LogP contribution in [0.15, 0.2) is 235 Å². The summed E-state index contributed by atoms with van der Waals surface area (Å²) in [4.78, 5) is 2.40. The molecule has 0 N–H and O–H groups in total. The maximum Gasteiger partial charge on any atom is 0.159 e. The fraction of sp³-hybridized carbons (Fsp3) is 0. The summed E-state index contributed by atoms with van der Waals surface area (Å²) in [5, 5.41) is 7.06. The van der Waals surface area contributed by atoms with Crippen molar-refractivity contribution in [2.24, 2.45) is 0 Å². The first-order valence-corrected chi connectivity index (χ1v) is 20.9. The summed E-state index contributed by atoms with van der Waals surface area (Å²) in [7, 11) is 0. The Hall–Kier alpha value is -8.14. The largest absolute Gasteiger partial charge is 0.454 e. The molecule has 0 amide bonds. The second kappa shape index (κ2) is 14.3. The maximum absolute atomic E-state index is 6.82. The highest BCUT2D eigenvalue weighted by molar-refractivity contribution is 6.17. The number of hydrogen-bond donors (Lipinski definition) is 0. The van der Waals surface area contributed by atoms with Gasteiger partial charge in [0.15, 0.2) is 5.58 Å². The zero-order chi connectivity index (χ0) is 40.3. The topological polar surface area (TPSA) is 21.3 Å². The van der Waals surface area contributed by atoms with Crippen LogP contribution in [0.3, 0.4) is 0 Å². The minimum Gasteiger partial charge on any atom is -0.454 e. The van der Waals surface area contributed by atoms with Crippen LogP contribution in [0.1, 0.15) is 0 Å². The highest BCUT2D eigenvalue weighted by Crippen LogP contribution is 2.48. The maximum atomic E-state index is 6.82. The molecule has 0 radical (unpaired) electrons. The highest BCUT2D eigenvalue weighted by Gasteiger charge is 2.24. The van der Waals surface area contributed by atoms with Gasteiger partial charge in [0.2, 0.25) is 0 Å². The van der Waals surface area contributed by atoms with Gasteiger partial charge in [-0.25, -0.2) is 0 Å². The van der Waals surface area contributed by atoms with E-state index < -0.39 is 0 Å². The summed E-state index contributed by atoms with van der Waals surface area (Å²) >= 11 is 0. The number of nitrogens with zero attached hydrogens (tertiary/aromatic N) is 2. The molecule has 3 heteroatoms. The van der Waals surface area contributed by atoms with Crippen LogP contribution in [0.4, 0.5) is 17.1 Å². The number of fused-ring (bicyclic) bond motifs is 7. The van der Waals surface area contributed by atoms with E-state index in [1.54, 1.807) is 0 Å². The molecule has 286 valence electrons. The van der Waals surface area contributed by atoms with Gasteiger partial charge in [-0.1, -0.05) is 176 Å². The third-order valence-corrected chi connectivity index (χ3v) is 12.2. The lowest BCUT2D eigenvalue weighted by Gasteiger charge is -2.29. The van der Waals surface area contributed by atoms with Gasteiger partial charge in [0.05, 0.1) is 22.4 Å². The van der Waals surface area contributed by atoms with Crippen LogP contribution in [0.25, 0.3) is 93.6 Å². The Bertz CT molecular complexity index is 3590. The lowest BCUT2D eigenvalue weighted by molar-refractivity contribution is 0.669. The minimum absolute atomic E-state index is 0.847. The summed E-state index contributed by atoms with van der Waals surface area (Å²) in [6, 6.07) is 82.9. The van der Waals surface area contributed by atoms with E-state index in [9.17, 15) is 0 Å². The average Bonchev–Trinajstić information content (AvgIpc) is 3.89. The van der Waals surface area contributed by atoms with Crippen molar-refractivity contribution in [3.63, 3.8) is 0 Å². The highest BCUT2D eigenvalue weighted by atomic mass is 16.3. The van der Waals surface area contributed by atoms with Crippen molar-refractivity contribution in [3.05, 3.63) is 231 Å². The molecule has 61 heavy (non-hydrogen) atoms. The van der Waals surface area contributed by atoms with Crippen molar-refractivity contribution in [1.82, 2.24) is 4.57 Å². The van der Waals surface area contributed by atoms with E-state index in [0.29, 0.717) is 0 Å². The molecular formula is C58H38N2O. The Kier molecular flexibility index (Phi) is 8.17. The number of benzene rings is 10. The van der Waals surface area contributed by atoms with Crippen LogP contribution in [0.2, 0.25) is 0 Å². The van der Waals surface area contributed by atoms with E-state index in [-0.39, 0.29) is 0 Å². The van der Waals surface area contributed by atoms with Crippen LogP contribution >= 0.6 is 0 Å². The number of hydrogen-bond acceptors (Lipinski definition) is 2. The number of furan rings is 1. The Balaban J connectivity index is 1.12. The monoisotopic (exact) mass is 778 g/mol. The van der Waals surface area contributed by atoms with Crippen molar-refractivity contribution < 1.29 is 4.42 Å². The lowest BCUT2D eigenvalue weighted by Crippen LogP contribution is -2.11. The minimum atomic E-state index is 0.847. The molecule has 0 aliphatic heterocycles. The van der Waals surface area contributed by atoms with Gasteiger partial charge in [0.25, 0.3) is 0 Å². The smallest absolute Gasteiger partial charge is 0.159 e. The van der Waals surface area contributed by atoms with Crippen LogP contribution < -0.4 is 4.90 Å². The molecule has 12 aromatic rings. The van der Waals surface area contributed by atoms with Crippen LogP contribution in [-0.4, -0.2) is 4.57 Å². The first-order valence-electron chi connectivity index (χ1n) is 20.9. The van der Waals surface area contributed by atoms with Gasteiger partial charge >= 0.3 is 0 Å². The van der Waals surface area contributed by atoms with Crippen molar-refractivity contribution in [3.8, 4) is 39.1 Å². The van der Waals surface area contributed by atoms with Gasteiger partial charge in [-0.05, 0) is 93.2 Å². The van der Waals surface area contributed by atoms with Crippen molar-refractivity contribution >= 4 is 71.6 Å². The van der Waals surface area contributed by atoms with Gasteiger partial charge in [-0.15, -0.1) is 0 Å². The molecule has 0 saturated heterocycles. The van der Waals surface area contributed by atoms with E-state index in [0.717, 1.165) is 55.8 Å². The molecule has 10 aromatic carbocycles. The molecule has 0 bridgehead atoms. The summed E-state index contributed by atoms with van der Waals surface area (Å²) in [5.41, 5.74) is 15.3. The molecule has 0 saturated carbocycles. The van der Waals surface area contributed by atoms with E-state index in [1.807, 2.05) is 6.07 Å². The Labute approximate surface area is 353 Å². The van der Waals surface area contributed by atoms with Gasteiger partial charge in [-0.3, -0.25) is 0 Å². The molecule has 0 atom stereocenters. The van der Waals surface area contributed by atoms with E-state index in [4.69, 9.17) is 4.42 Å². The fourth-order valence-electron chi connectivity index (χ4n) is 9.56. The molecule has 0 aliphatic carbocycles. The van der Waals surface area contributed by atoms with Gasteiger partial charge < -0.3 is 13.9 Å². The molecule has 2 aromatic heterocycles. The van der Waals surface area contributed by atoms with Gasteiger partial charge in [0.1, 0.15) is 5.58 Å².